The van der Waals surface area contributed by atoms with Gasteiger partial charge in [-0.05, 0) is 49.6 Å². The van der Waals surface area contributed by atoms with Crippen LogP contribution in [-0.4, -0.2) is 57.5 Å². The minimum Gasteiger partial charge on any atom is -0.379 e. The van der Waals surface area contributed by atoms with Crippen LogP contribution in [0.15, 0.2) is 64.4 Å². The van der Waals surface area contributed by atoms with E-state index in [0.717, 1.165) is 15.8 Å². The summed E-state index contributed by atoms with van der Waals surface area (Å²) in [5.74, 6) is -0.980. The van der Waals surface area contributed by atoms with Gasteiger partial charge in [-0.2, -0.15) is 8.42 Å². The SMILES string of the molecule is CCOCCOCCSc1ccc2c3c(cccc13)C(=O)N(OS(=O)(=O)c1ccc(C)cc1)C2=O. The third kappa shape index (κ3) is 5.41. The summed E-state index contributed by atoms with van der Waals surface area (Å²) in [5.41, 5.74) is 1.26. The Hall–Kier alpha value is -2.76. The van der Waals surface area contributed by atoms with E-state index in [-0.39, 0.29) is 16.0 Å². The number of thioether (sulfide) groups is 1. The first-order valence-electron chi connectivity index (χ1n) is 11.1. The van der Waals surface area contributed by atoms with E-state index < -0.39 is 21.9 Å². The predicted octanol–water partition coefficient (Wildman–Crippen LogP) is 4.21. The van der Waals surface area contributed by atoms with Crippen LogP contribution in [0.4, 0.5) is 0 Å². The van der Waals surface area contributed by atoms with Crippen LogP contribution >= 0.6 is 11.8 Å². The molecule has 8 nitrogen and oxygen atoms in total. The quantitative estimate of drug-likeness (QED) is 0.213. The highest BCUT2D eigenvalue weighted by molar-refractivity contribution is 7.99. The number of carbonyl (C=O) groups excluding carboxylic acids is 2. The van der Waals surface area contributed by atoms with Crippen molar-refractivity contribution < 1.29 is 31.8 Å². The first-order valence-corrected chi connectivity index (χ1v) is 13.5. The molecule has 0 fully saturated rings. The molecule has 0 bridgehead atoms. The summed E-state index contributed by atoms with van der Waals surface area (Å²) in [6, 6.07) is 14.4. The lowest BCUT2D eigenvalue weighted by Gasteiger charge is -2.26. The number of rotatable bonds is 11. The van der Waals surface area contributed by atoms with Gasteiger partial charge in [-0.1, -0.05) is 29.8 Å². The number of amides is 2. The molecule has 3 aromatic carbocycles. The summed E-state index contributed by atoms with van der Waals surface area (Å²) in [4.78, 5) is 27.0. The van der Waals surface area contributed by atoms with Crippen LogP contribution in [0, 0.1) is 6.92 Å². The van der Waals surface area contributed by atoms with Crippen molar-refractivity contribution in [2.75, 3.05) is 32.2 Å². The molecule has 0 unspecified atom stereocenters. The Morgan fingerprint density at radius 3 is 2.26 bits per heavy atom. The maximum Gasteiger partial charge on any atom is 0.318 e. The van der Waals surface area contributed by atoms with Gasteiger partial charge in [0.05, 0.1) is 35.8 Å². The van der Waals surface area contributed by atoms with E-state index in [4.69, 9.17) is 13.8 Å². The van der Waals surface area contributed by atoms with Crippen molar-refractivity contribution in [3.05, 3.63) is 71.3 Å². The Labute approximate surface area is 208 Å². The van der Waals surface area contributed by atoms with Crippen molar-refractivity contribution >= 4 is 44.5 Å². The van der Waals surface area contributed by atoms with Gasteiger partial charge in [0, 0.05) is 22.6 Å². The van der Waals surface area contributed by atoms with Crippen LogP contribution in [0.5, 0.6) is 0 Å². The normalized spacial score (nSPS) is 13.6. The summed E-state index contributed by atoms with van der Waals surface area (Å²) < 4.78 is 41.3. The van der Waals surface area contributed by atoms with Gasteiger partial charge >= 0.3 is 10.1 Å². The molecule has 0 aliphatic carbocycles. The van der Waals surface area contributed by atoms with E-state index in [2.05, 4.69) is 0 Å². The highest BCUT2D eigenvalue weighted by atomic mass is 32.2. The summed E-state index contributed by atoms with van der Waals surface area (Å²) in [6.45, 7) is 5.98. The fraction of sp³-hybridized carbons (Fsp3) is 0.280. The molecule has 2 amide bonds. The number of carbonyl (C=O) groups is 2. The molecular weight excluding hydrogens is 490 g/mol. The molecule has 0 saturated heterocycles. The fourth-order valence-electron chi connectivity index (χ4n) is 3.66. The van der Waals surface area contributed by atoms with E-state index >= 15 is 0 Å². The number of nitrogens with zero attached hydrogens (tertiary/aromatic N) is 1. The standard InChI is InChI=1S/C25H25NO7S2/c1-3-31-13-14-32-15-16-34-22-12-11-21-23-19(22)5-4-6-20(23)24(27)26(25(21)28)33-35(29,30)18-9-7-17(2)8-10-18/h4-12H,3,13-16H2,1-2H3. The molecule has 1 aliphatic rings. The van der Waals surface area contributed by atoms with Crippen molar-refractivity contribution in [2.45, 2.75) is 23.6 Å². The molecular formula is C25H25NO7S2. The van der Waals surface area contributed by atoms with Gasteiger partial charge in [0.2, 0.25) is 0 Å². The van der Waals surface area contributed by atoms with Crippen molar-refractivity contribution in [3.8, 4) is 0 Å². The number of hydroxylamine groups is 2. The molecule has 184 valence electrons. The topological polar surface area (TPSA) is 99.2 Å². The average molecular weight is 516 g/mol. The Balaban J connectivity index is 1.56. The third-order valence-corrected chi connectivity index (χ3v) is 7.61. The maximum absolute atomic E-state index is 13.2. The summed E-state index contributed by atoms with van der Waals surface area (Å²) in [5, 5.41) is 1.55. The molecule has 0 N–H and O–H groups in total. The predicted molar refractivity (Wildman–Crippen MR) is 132 cm³/mol. The molecule has 0 saturated carbocycles. The number of hydrogen-bond donors (Lipinski definition) is 0. The largest absolute Gasteiger partial charge is 0.379 e. The maximum atomic E-state index is 13.2. The first-order chi connectivity index (χ1) is 16.8. The summed E-state index contributed by atoms with van der Waals surface area (Å²) >= 11 is 1.55. The Kier molecular flexibility index (Phi) is 7.88. The van der Waals surface area contributed by atoms with Crippen LogP contribution in [-0.2, 0) is 23.9 Å². The molecule has 3 aromatic rings. The number of ether oxygens (including phenoxy) is 2. The van der Waals surface area contributed by atoms with E-state index in [9.17, 15) is 18.0 Å². The highest BCUT2D eigenvalue weighted by Gasteiger charge is 2.38. The molecule has 0 atom stereocenters. The molecule has 10 heteroatoms. The van der Waals surface area contributed by atoms with Gasteiger partial charge in [0.1, 0.15) is 0 Å². The van der Waals surface area contributed by atoms with E-state index in [0.29, 0.717) is 42.6 Å². The van der Waals surface area contributed by atoms with Crippen molar-refractivity contribution in [1.82, 2.24) is 5.06 Å². The van der Waals surface area contributed by atoms with Crippen molar-refractivity contribution in [2.24, 2.45) is 0 Å². The van der Waals surface area contributed by atoms with Gasteiger partial charge in [-0.25, -0.2) is 0 Å². The minimum atomic E-state index is -4.39. The van der Waals surface area contributed by atoms with E-state index in [1.54, 1.807) is 48.2 Å². The number of benzene rings is 3. The Bertz CT molecular complexity index is 1330. The molecule has 1 aliphatic heterocycles. The molecule has 0 spiro atoms. The number of aryl methyl sites for hydroxylation is 1. The average Bonchev–Trinajstić information content (AvgIpc) is 2.85. The van der Waals surface area contributed by atoms with Crippen LogP contribution in [0.1, 0.15) is 33.2 Å². The molecule has 1 heterocycles. The highest BCUT2D eigenvalue weighted by Crippen LogP contribution is 2.36. The second-order valence-electron chi connectivity index (χ2n) is 7.74. The van der Waals surface area contributed by atoms with E-state index in [1.165, 1.54) is 12.1 Å². The molecule has 4 rings (SSSR count). The van der Waals surface area contributed by atoms with Crippen molar-refractivity contribution in [1.29, 1.82) is 0 Å². The minimum absolute atomic E-state index is 0.150. The Morgan fingerprint density at radius 1 is 0.857 bits per heavy atom. The fourth-order valence-corrected chi connectivity index (χ4v) is 5.46. The number of imide groups is 1. The monoisotopic (exact) mass is 515 g/mol. The van der Waals surface area contributed by atoms with Crippen LogP contribution in [0.2, 0.25) is 0 Å². The summed E-state index contributed by atoms with van der Waals surface area (Å²) in [6.07, 6.45) is 0. The molecule has 0 aromatic heterocycles. The lowest BCUT2D eigenvalue weighted by atomic mass is 9.95. The summed E-state index contributed by atoms with van der Waals surface area (Å²) in [7, 11) is -4.39. The lowest BCUT2D eigenvalue weighted by molar-refractivity contribution is -0.0155. The number of hydrogen-bond acceptors (Lipinski definition) is 8. The second kappa shape index (κ2) is 10.9. The molecule has 0 radical (unpaired) electrons. The zero-order valence-corrected chi connectivity index (χ0v) is 21.0. The van der Waals surface area contributed by atoms with Crippen molar-refractivity contribution in [3.63, 3.8) is 0 Å². The van der Waals surface area contributed by atoms with Gasteiger partial charge in [-0.15, -0.1) is 21.1 Å². The Morgan fingerprint density at radius 2 is 1.54 bits per heavy atom. The van der Waals surface area contributed by atoms with Gasteiger partial charge in [-0.3, -0.25) is 9.59 Å². The van der Waals surface area contributed by atoms with Gasteiger partial charge < -0.3 is 9.47 Å². The van der Waals surface area contributed by atoms with Crippen LogP contribution in [0.3, 0.4) is 0 Å². The van der Waals surface area contributed by atoms with E-state index in [1.807, 2.05) is 19.9 Å². The molecule has 35 heavy (non-hydrogen) atoms. The third-order valence-electron chi connectivity index (χ3n) is 5.37. The second-order valence-corrected chi connectivity index (χ2v) is 10.4. The van der Waals surface area contributed by atoms with Gasteiger partial charge in [0.15, 0.2) is 0 Å². The zero-order valence-electron chi connectivity index (χ0n) is 19.4. The van der Waals surface area contributed by atoms with Crippen LogP contribution in [0.25, 0.3) is 10.8 Å². The lowest BCUT2D eigenvalue weighted by Crippen LogP contribution is -2.41. The van der Waals surface area contributed by atoms with Gasteiger partial charge in [0.25, 0.3) is 11.8 Å². The van der Waals surface area contributed by atoms with Crippen LogP contribution < -0.4 is 0 Å². The zero-order chi connectivity index (χ0) is 25.0. The smallest absolute Gasteiger partial charge is 0.318 e. The first kappa shape index (κ1) is 25.3.